The molecular formula is C17H18ClN3O7. The first kappa shape index (κ1) is 23.1. The average Bonchev–Trinajstić information content (AvgIpc) is 2.65. The lowest BCUT2D eigenvalue weighted by molar-refractivity contribution is -2.00. The zero-order valence-electron chi connectivity index (χ0n) is 14.8. The van der Waals surface area contributed by atoms with Gasteiger partial charge in [-0.3, -0.25) is 4.79 Å². The lowest BCUT2D eigenvalue weighted by atomic mass is 10.2. The SMILES string of the molecule is CCOC(=O)C(C[n+]1ccccc1)=NNC(=O)c1ccccc1.[O-][Cl+3]([O-])([O-])[O-]. The Bertz CT molecular complexity index is 774. The summed E-state index contributed by atoms with van der Waals surface area (Å²) in [6, 6.07) is 14.2. The molecule has 0 unspecified atom stereocenters. The number of benzene rings is 1. The summed E-state index contributed by atoms with van der Waals surface area (Å²) >= 11 is 0. The van der Waals surface area contributed by atoms with Crippen molar-refractivity contribution in [2.45, 2.75) is 13.5 Å². The van der Waals surface area contributed by atoms with Crippen LogP contribution in [0, 0.1) is 10.2 Å². The topological polar surface area (TPSA) is 164 Å². The van der Waals surface area contributed by atoms with Gasteiger partial charge in [-0.1, -0.05) is 24.3 Å². The van der Waals surface area contributed by atoms with Crippen LogP contribution >= 0.6 is 0 Å². The van der Waals surface area contributed by atoms with Gasteiger partial charge in [0.05, 0.1) is 6.61 Å². The van der Waals surface area contributed by atoms with E-state index in [-0.39, 0.29) is 24.8 Å². The molecule has 28 heavy (non-hydrogen) atoms. The van der Waals surface area contributed by atoms with Crippen LogP contribution in [-0.2, 0) is 16.1 Å². The van der Waals surface area contributed by atoms with Crippen LogP contribution < -0.4 is 28.6 Å². The number of hydrogen-bond acceptors (Lipinski definition) is 8. The number of aromatic nitrogens is 1. The van der Waals surface area contributed by atoms with E-state index in [1.165, 1.54) is 0 Å². The first-order valence-corrected chi connectivity index (χ1v) is 9.09. The summed E-state index contributed by atoms with van der Waals surface area (Å²) in [5, 5.41) is 3.94. The highest BCUT2D eigenvalue weighted by atomic mass is 35.7. The van der Waals surface area contributed by atoms with Crippen LogP contribution in [-0.4, -0.2) is 24.2 Å². The molecule has 0 fully saturated rings. The number of halogens is 1. The summed E-state index contributed by atoms with van der Waals surface area (Å²) in [4.78, 5) is 24.0. The number of ether oxygens (including phenoxy) is 1. The Hall–Kier alpha value is -2.89. The molecule has 10 nitrogen and oxygen atoms in total. The number of nitrogens with one attached hydrogen (secondary N) is 1. The molecule has 11 heteroatoms. The molecule has 1 aromatic carbocycles. The summed E-state index contributed by atoms with van der Waals surface area (Å²) in [5.41, 5.74) is 2.98. The van der Waals surface area contributed by atoms with Crippen molar-refractivity contribution in [2.75, 3.05) is 6.61 Å². The van der Waals surface area contributed by atoms with Gasteiger partial charge in [-0.25, -0.2) is 28.9 Å². The molecule has 150 valence electrons. The Kier molecular flexibility index (Phi) is 9.71. The average molecular weight is 412 g/mol. The maximum Gasteiger partial charge on any atom is 0.361 e. The highest BCUT2D eigenvalue weighted by molar-refractivity contribution is 6.36. The third kappa shape index (κ3) is 10.3. The van der Waals surface area contributed by atoms with E-state index in [1.54, 1.807) is 48.1 Å². The van der Waals surface area contributed by atoms with Crippen LogP contribution in [0.1, 0.15) is 17.3 Å². The Labute approximate surface area is 163 Å². The van der Waals surface area contributed by atoms with Crippen LogP contribution in [0.4, 0.5) is 0 Å². The van der Waals surface area contributed by atoms with Gasteiger partial charge in [-0.15, -0.1) is 10.2 Å². The fraction of sp³-hybridized carbons (Fsp3) is 0.176. The van der Waals surface area contributed by atoms with Crippen LogP contribution in [0.3, 0.4) is 0 Å². The number of pyridine rings is 1. The van der Waals surface area contributed by atoms with Crippen molar-refractivity contribution in [3.05, 3.63) is 66.5 Å². The lowest BCUT2D eigenvalue weighted by Gasteiger charge is -2.17. The van der Waals surface area contributed by atoms with E-state index in [2.05, 4.69) is 10.5 Å². The van der Waals surface area contributed by atoms with Gasteiger partial charge in [0.2, 0.25) is 5.71 Å². The van der Waals surface area contributed by atoms with Crippen LogP contribution in [0.15, 0.2) is 66.0 Å². The normalized spacial score (nSPS) is 11.1. The highest BCUT2D eigenvalue weighted by Crippen LogP contribution is 1.98. The van der Waals surface area contributed by atoms with Crippen LogP contribution in [0.2, 0.25) is 0 Å². The lowest BCUT2D eigenvalue weighted by Crippen LogP contribution is -2.68. The number of carbonyl (C=O) groups is 2. The molecule has 0 aliphatic rings. The predicted octanol–water partition coefficient (Wildman–Crippen LogP) is -3.43. The van der Waals surface area contributed by atoms with Gasteiger partial charge >= 0.3 is 5.97 Å². The molecule has 1 heterocycles. The molecule has 1 N–H and O–H groups in total. The number of hydrogen-bond donors (Lipinski definition) is 1. The molecule has 0 aliphatic carbocycles. The molecular weight excluding hydrogens is 394 g/mol. The summed E-state index contributed by atoms with van der Waals surface area (Å²) in [5.74, 6) is -0.942. The largest absolute Gasteiger partial charge is 0.461 e. The zero-order chi connectivity index (χ0) is 21.0. The maximum absolute atomic E-state index is 12.0. The minimum atomic E-state index is -4.94. The number of esters is 1. The van der Waals surface area contributed by atoms with Gasteiger partial charge in [0.25, 0.3) is 5.91 Å². The third-order valence-corrected chi connectivity index (χ3v) is 2.95. The maximum atomic E-state index is 12.0. The van der Waals surface area contributed by atoms with Gasteiger partial charge in [0, 0.05) is 17.7 Å². The van der Waals surface area contributed by atoms with Gasteiger partial charge in [-0.2, -0.15) is 9.67 Å². The van der Waals surface area contributed by atoms with Gasteiger partial charge in [0.15, 0.2) is 18.9 Å². The van der Waals surface area contributed by atoms with Gasteiger partial charge in [0.1, 0.15) is 0 Å². The van der Waals surface area contributed by atoms with Crippen LogP contribution in [0.5, 0.6) is 0 Å². The first-order valence-electron chi connectivity index (χ1n) is 7.85. The van der Waals surface area contributed by atoms with Crippen molar-refractivity contribution in [1.82, 2.24) is 5.43 Å². The number of hydrazone groups is 1. The quantitative estimate of drug-likeness (QED) is 0.223. The highest BCUT2D eigenvalue weighted by Gasteiger charge is 2.18. The minimum Gasteiger partial charge on any atom is -0.461 e. The monoisotopic (exact) mass is 411 g/mol. The number of nitrogens with zero attached hydrogens (tertiary/aromatic N) is 2. The first-order chi connectivity index (χ1) is 13.2. The Morgan fingerprint density at radius 2 is 1.57 bits per heavy atom. The molecule has 1 aromatic heterocycles. The second-order valence-electron chi connectivity index (χ2n) is 5.01. The van der Waals surface area contributed by atoms with Crippen LogP contribution in [0.25, 0.3) is 0 Å². The van der Waals surface area contributed by atoms with E-state index < -0.39 is 16.2 Å². The van der Waals surface area contributed by atoms with Crippen molar-refractivity contribution in [3.8, 4) is 0 Å². The second-order valence-corrected chi connectivity index (χ2v) is 5.77. The summed E-state index contributed by atoms with van der Waals surface area (Å²) in [6.45, 7) is 2.16. The van der Waals surface area contributed by atoms with E-state index in [0.717, 1.165) is 0 Å². The van der Waals surface area contributed by atoms with Crippen molar-refractivity contribution >= 4 is 17.6 Å². The minimum absolute atomic E-state index is 0.118. The Morgan fingerprint density at radius 3 is 2.11 bits per heavy atom. The molecule has 1 amide bonds. The third-order valence-electron chi connectivity index (χ3n) is 2.95. The van der Waals surface area contributed by atoms with Crippen molar-refractivity contribution in [1.29, 1.82) is 0 Å². The Morgan fingerprint density at radius 1 is 1.04 bits per heavy atom. The Balaban J connectivity index is 0.000000696. The number of rotatable bonds is 6. The molecule has 0 bridgehead atoms. The number of amides is 1. The van der Waals surface area contributed by atoms with Gasteiger partial charge in [-0.05, 0) is 19.1 Å². The fourth-order valence-corrected chi connectivity index (χ4v) is 1.84. The second kappa shape index (κ2) is 11.7. The molecule has 0 saturated carbocycles. The van der Waals surface area contributed by atoms with E-state index in [4.69, 9.17) is 23.4 Å². The van der Waals surface area contributed by atoms with Crippen molar-refractivity contribution < 1.29 is 47.8 Å². The molecule has 0 saturated heterocycles. The zero-order valence-corrected chi connectivity index (χ0v) is 15.6. The standard InChI is InChI=1S/C17H17N3O3.ClHO4/c1-2-23-17(22)15(13-20-11-7-4-8-12-20)18-19-16(21)14-9-5-3-6-10-14;2-1(3,4)5/h3-12H,2,13H2,1H3;(H,2,3,4,5). The fourth-order valence-electron chi connectivity index (χ4n) is 1.84. The van der Waals surface area contributed by atoms with E-state index in [9.17, 15) is 9.59 Å². The molecule has 0 spiro atoms. The summed E-state index contributed by atoms with van der Waals surface area (Å²) in [6.07, 6.45) is 3.60. The predicted molar refractivity (Wildman–Crippen MR) is 84.6 cm³/mol. The van der Waals surface area contributed by atoms with Gasteiger partial charge < -0.3 is 4.74 Å². The van der Waals surface area contributed by atoms with E-state index in [0.29, 0.717) is 5.56 Å². The van der Waals surface area contributed by atoms with E-state index >= 15 is 0 Å². The molecule has 0 radical (unpaired) electrons. The molecule has 2 aromatic rings. The molecule has 0 atom stereocenters. The smallest absolute Gasteiger partial charge is 0.361 e. The van der Waals surface area contributed by atoms with Crippen molar-refractivity contribution in [2.24, 2.45) is 5.10 Å². The van der Waals surface area contributed by atoms with Crippen molar-refractivity contribution in [3.63, 3.8) is 0 Å². The van der Waals surface area contributed by atoms with E-state index in [1.807, 2.05) is 24.3 Å². The molecule has 0 aliphatic heterocycles. The number of carbonyl (C=O) groups excluding carboxylic acids is 2. The molecule has 2 rings (SSSR count). The summed E-state index contributed by atoms with van der Waals surface area (Å²) in [7, 11) is -4.94. The summed E-state index contributed by atoms with van der Waals surface area (Å²) < 4.78 is 40.7.